The number of aromatic nitrogens is 1. The molecule has 0 N–H and O–H groups in total. The summed E-state index contributed by atoms with van der Waals surface area (Å²) in [6.07, 6.45) is 7.43. The second-order valence-electron chi connectivity index (χ2n) is 3.90. The molecule has 1 heterocycles. The molecule has 0 saturated heterocycles. The van der Waals surface area contributed by atoms with Crippen molar-refractivity contribution in [3.63, 3.8) is 0 Å². The maximum atomic E-state index is 5.72. The Morgan fingerprint density at radius 3 is 2.75 bits per heavy atom. The molecule has 1 fully saturated rings. The molecule has 0 bridgehead atoms. The van der Waals surface area contributed by atoms with Gasteiger partial charge in [-0.25, -0.2) is 4.98 Å². The third-order valence-electron chi connectivity index (χ3n) is 2.79. The fourth-order valence-corrected chi connectivity index (χ4v) is 1.88. The minimum Gasteiger partial charge on any atom is -0.445 e. The minimum absolute atomic E-state index is 0.676. The first-order valence-corrected chi connectivity index (χ1v) is 4.92. The zero-order valence-electron chi connectivity index (χ0n) is 7.18. The molecule has 64 valence electrons. The summed E-state index contributed by atoms with van der Waals surface area (Å²) >= 11 is 0. The van der Waals surface area contributed by atoms with E-state index in [-0.39, 0.29) is 0 Å². The van der Waals surface area contributed by atoms with Crippen LogP contribution in [0.25, 0.3) is 0 Å². The molecule has 0 spiro atoms. The summed E-state index contributed by atoms with van der Waals surface area (Å²) in [6, 6.07) is 0. The minimum atomic E-state index is 0.676. The fourth-order valence-electron chi connectivity index (χ4n) is 1.88. The van der Waals surface area contributed by atoms with Crippen LogP contribution in [0.15, 0.2) is 4.42 Å². The molecule has 1 aromatic heterocycles. The molecule has 1 saturated carbocycles. The number of oxazole rings is 1. The maximum absolute atomic E-state index is 5.72. The highest BCUT2D eigenvalue weighted by atomic mass is 16.4. The molecule has 0 aliphatic heterocycles. The van der Waals surface area contributed by atoms with Crippen LogP contribution in [-0.4, -0.2) is 4.98 Å². The van der Waals surface area contributed by atoms with Gasteiger partial charge in [-0.2, -0.15) is 0 Å². The maximum Gasteiger partial charge on any atom is 0.197 e. The van der Waals surface area contributed by atoms with Crippen molar-refractivity contribution in [1.82, 2.24) is 4.98 Å². The molecule has 0 amide bonds. The number of aryl methyl sites for hydroxylation is 2. The molecule has 2 aliphatic carbocycles. The molecule has 1 aromatic rings. The van der Waals surface area contributed by atoms with Crippen molar-refractivity contribution in [3.05, 3.63) is 17.3 Å². The molecule has 0 unspecified atom stereocenters. The zero-order chi connectivity index (χ0) is 7.97. The molecule has 0 aromatic carbocycles. The van der Waals surface area contributed by atoms with Crippen LogP contribution in [-0.2, 0) is 12.8 Å². The lowest BCUT2D eigenvalue weighted by Crippen LogP contribution is -1.99. The molecule has 2 aliphatic rings. The van der Waals surface area contributed by atoms with Gasteiger partial charge in [-0.15, -0.1) is 0 Å². The molecule has 0 radical (unpaired) electrons. The predicted octanol–water partition coefficient (Wildman–Crippen LogP) is 2.43. The van der Waals surface area contributed by atoms with Crippen molar-refractivity contribution < 1.29 is 4.42 Å². The lowest BCUT2D eigenvalue weighted by atomic mass is 10.0. The summed E-state index contributed by atoms with van der Waals surface area (Å²) in [4.78, 5) is 4.55. The summed E-state index contributed by atoms with van der Waals surface area (Å²) in [7, 11) is 0. The first-order chi connectivity index (χ1) is 5.93. The SMILES string of the molecule is C1CCc2oc(C3CC3)nc2C1. The van der Waals surface area contributed by atoms with Gasteiger partial charge >= 0.3 is 0 Å². The smallest absolute Gasteiger partial charge is 0.197 e. The van der Waals surface area contributed by atoms with Gasteiger partial charge in [-0.1, -0.05) is 0 Å². The summed E-state index contributed by atoms with van der Waals surface area (Å²) in [6.45, 7) is 0. The Morgan fingerprint density at radius 1 is 1.17 bits per heavy atom. The van der Waals surface area contributed by atoms with E-state index in [1.54, 1.807) is 0 Å². The highest BCUT2D eigenvalue weighted by Gasteiger charge is 2.30. The van der Waals surface area contributed by atoms with Crippen molar-refractivity contribution in [2.75, 3.05) is 0 Å². The number of nitrogens with zero attached hydrogens (tertiary/aromatic N) is 1. The average Bonchev–Trinajstić information content (AvgIpc) is 2.85. The second-order valence-corrected chi connectivity index (χ2v) is 3.90. The lowest BCUT2D eigenvalue weighted by molar-refractivity contribution is 0.440. The van der Waals surface area contributed by atoms with Gasteiger partial charge in [-0.3, -0.25) is 0 Å². The van der Waals surface area contributed by atoms with Crippen LogP contribution in [0.4, 0.5) is 0 Å². The van der Waals surface area contributed by atoms with Gasteiger partial charge < -0.3 is 4.42 Å². The van der Waals surface area contributed by atoms with Gasteiger partial charge in [0.05, 0.1) is 5.69 Å². The third-order valence-corrected chi connectivity index (χ3v) is 2.79. The average molecular weight is 163 g/mol. The normalized spacial score (nSPS) is 22.3. The standard InChI is InChI=1S/C10H13NO/c1-2-4-9-8(3-1)11-10(12-9)7-5-6-7/h7H,1-6H2. The van der Waals surface area contributed by atoms with E-state index in [4.69, 9.17) is 4.42 Å². The van der Waals surface area contributed by atoms with E-state index >= 15 is 0 Å². The Kier molecular flexibility index (Phi) is 1.31. The second kappa shape index (κ2) is 2.35. The molecule has 2 nitrogen and oxygen atoms in total. The van der Waals surface area contributed by atoms with E-state index in [0.29, 0.717) is 5.92 Å². The van der Waals surface area contributed by atoms with Crippen molar-refractivity contribution in [1.29, 1.82) is 0 Å². The molecular weight excluding hydrogens is 150 g/mol. The van der Waals surface area contributed by atoms with Crippen LogP contribution >= 0.6 is 0 Å². The van der Waals surface area contributed by atoms with E-state index in [2.05, 4.69) is 4.98 Å². The van der Waals surface area contributed by atoms with E-state index in [0.717, 1.165) is 18.7 Å². The van der Waals surface area contributed by atoms with Crippen LogP contribution in [0.3, 0.4) is 0 Å². The summed E-state index contributed by atoms with van der Waals surface area (Å²) < 4.78 is 5.72. The Labute approximate surface area is 72.0 Å². The topological polar surface area (TPSA) is 26.0 Å². The van der Waals surface area contributed by atoms with Crippen LogP contribution in [0.2, 0.25) is 0 Å². The van der Waals surface area contributed by atoms with E-state index in [1.165, 1.54) is 37.1 Å². The summed E-state index contributed by atoms with van der Waals surface area (Å²) in [5.74, 6) is 2.89. The summed E-state index contributed by atoms with van der Waals surface area (Å²) in [5, 5.41) is 0. The van der Waals surface area contributed by atoms with Crippen molar-refractivity contribution >= 4 is 0 Å². The number of hydrogen-bond acceptors (Lipinski definition) is 2. The molecule has 12 heavy (non-hydrogen) atoms. The van der Waals surface area contributed by atoms with Crippen LogP contribution < -0.4 is 0 Å². The zero-order valence-corrected chi connectivity index (χ0v) is 7.18. The van der Waals surface area contributed by atoms with E-state index in [9.17, 15) is 0 Å². The Balaban J connectivity index is 1.97. The fraction of sp³-hybridized carbons (Fsp3) is 0.700. The van der Waals surface area contributed by atoms with Crippen molar-refractivity contribution in [2.24, 2.45) is 0 Å². The highest BCUT2D eigenvalue weighted by Crippen LogP contribution is 2.40. The van der Waals surface area contributed by atoms with Gasteiger partial charge in [0.1, 0.15) is 5.76 Å². The lowest BCUT2D eigenvalue weighted by Gasteiger charge is -2.05. The Morgan fingerprint density at radius 2 is 2.00 bits per heavy atom. The Bertz CT molecular complexity index is 275. The van der Waals surface area contributed by atoms with E-state index < -0.39 is 0 Å². The predicted molar refractivity (Wildman–Crippen MR) is 45.1 cm³/mol. The van der Waals surface area contributed by atoms with Crippen molar-refractivity contribution in [2.45, 2.75) is 44.4 Å². The Hall–Kier alpha value is -0.790. The highest BCUT2D eigenvalue weighted by molar-refractivity contribution is 5.16. The molecule has 2 heteroatoms. The van der Waals surface area contributed by atoms with Crippen LogP contribution in [0.1, 0.15) is 48.9 Å². The molecule has 3 rings (SSSR count). The number of hydrogen-bond donors (Lipinski definition) is 0. The van der Waals surface area contributed by atoms with Crippen molar-refractivity contribution in [3.8, 4) is 0 Å². The van der Waals surface area contributed by atoms with Gasteiger partial charge in [0.2, 0.25) is 0 Å². The largest absolute Gasteiger partial charge is 0.445 e. The third kappa shape index (κ3) is 0.977. The van der Waals surface area contributed by atoms with E-state index in [1.807, 2.05) is 0 Å². The van der Waals surface area contributed by atoms with Gasteiger partial charge in [0.25, 0.3) is 0 Å². The van der Waals surface area contributed by atoms with Crippen LogP contribution in [0.5, 0.6) is 0 Å². The monoisotopic (exact) mass is 163 g/mol. The quantitative estimate of drug-likeness (QED) is 0.635. The number of rotatable bonds is 1. The van der Waals surface area contributed by atoms with Crippen LogP contribution in [0, 0.1) is 0 Å². The first kappa shape index (κ1) is 6.70. The molecular formula is C10H13NO. The summed E-state index contributed by atoms with van der Waals surface area (Å²) in [5.41, 5.74) is 1.25. The number of fused-ring (bicyclic) bond motifs is 1. The van der Waals surface area contributed by atoms with Gasteiger partial charge in [0.15, 0.2) is 5.89 Å². The van der Waals surface area contributed by atoms with Gasteiger partial charge in [-0.05, 0) is 32.1 Å². The van der Waals surface area contributed by atoms with Gasteiger partial charge in [0, 0.05) is 12.3 Å². The first-order valence-electron chi connectivity index (χ1n) is 4.92. The molecule has 0 atom stereocenters.